The second-order valence-corrected chi connectivity index (χ2v) is 21.6. The summed E-state index contributed by atoms with van der Waals surface area (Å²) in [7, 11) is -5.31. The van der Waals surface area contributed by atoms with Gasteiger partial charge in [0.2, 0.25) is 0 Å². The molecule has 42 heavy (non-hydrogen) atoms. The molecule has 2 aliphatic rings. The summed E-state index contributed by atoms with van der Waals surface area (Å²) >= 11 is 0. The summed E-state index contributed by atoms with van der Waals surface area (Å²) in [6, 6.07) is 9.04. The SMILES string of the molecule is CC(C)[Si]1(C(C)C)OC[C@H]2O[C@@H](Cn3cnc4c(NC(=O)c5ccccc5)ncnc43)C[C@@H]2O[Si](C(C)C)(C(C)C)O1. The predicted octanol–water partition coefficient (Wildman–Crippen LogP) is 6.19. The van der Waals surface area contributed by atoms with E-state index in [2.05, 4.69) is 75.7 Å². The van der Waals surface area contributed by atoms with Crippen LogP contribution in [-0.4, -0.2) is 67.5 Å². The Morgan fingerprint density at radius 2 is 1.60 bits per heavy atom. The Morgan fingerprint density at radius 3 is 2.24 bits per heavy atom. The van der Waals surface area contributed by atoms with Crippen LogP contribution in [-0.2, 0) is 24.2 Å². The molecule has 0 unspecified atom stereocenters. The van der Waals surface area contributed by atoms with E-state index in [1.54, 1.807) is 18.5 Å². The summed E-state index contributed by atoms with van der Waals surface area (Å²) in [5.74, 6) is 0.133. The number of nitrogens with one attached hydrogen (secondary N) is 1. The minimum absolute atomic E-state index is 0.108. The summed E-state index contributed by atoms with van der Waals surface area (Å²) in [6.45, 7) is 18.9. The lowest BCUT2D eigenvalue weighted by Crippen LogP contribution is -2.65. The number of carbonyl (C=O) groups is 1. The van der Waals surface area contributed by atoms with Gasteiger partial charge in [0.25, 0.3) is 5.91 Å². The first kappa shape index (κ1) is 31.0. The van der Waals surface area contributed by atoms with Crippen molar-refractivity contribution < 1.29 is 22.5 Å². The van der Waals surface area contributed by atoms with Gasteiger partial charge in [0, 0.05) is 12.0 Å². The number of fused-ring (bicyclic) bond motifs is 2. The maximum Gasteiger partial charge on any atom is 0.335 e. The van der Waals surface area contributed by atoms with Crippen molar-refractivity contribution >= 4 is 40.0 Å². The lowest BCUT2D eigenvalue weighted by Gasteiger charge is -2.51. The number of anilines is 1. The smallest absolute Gasteiger partial charge is 0.335 e. The van der Waals surface area contributed by atoms with E-state index in [0.717, 1.165) is 6.42 Å². The van der Waals surface area contributed by atoms with Crippen molar-refractivity contribution in [1.29, 1.82) is 0 Å². The van der Waals surface area contributed by atoms with E-state index in [9.17, 15) is 4.79 Å². The average molecular weight is 612 g/mol. The summed E-state index contributed by atoms with van der Waals surface area (Å²) in [5, 5.41) is 2.88. The lowest BCUT2D eigenvalue weighted by molar-refractivity contribution is -0.0406. The van der Waals surface area contributed by atoms with Gasteiger partial charge in [0.15, 0.2) is 17.0 Å². The molecule has 0 spiro atoms. The number of nitrogens with zero attached hydrogens (tertiary/aromatic N) is 4. The fourth-order valence-electron chi connectivity index (χ4n) is 6.45. The van der Waals surface area contributed by atoms with Crippen LogP contribution in [0.4, 0.5) is 5.82 Å². The first-order chi connectivity index (χ1) is 20.0. The highest BCUT2D eigenvalue weighted by Gasteiger charge is 2.60. The van der Waals surface area contributed by atoms with E-state index in [4.69, 9.17) is 17.7 Å². The zero-order chi connectivity index (χ0) is 30.2. The Bertz CT molecular complexity index is 1370. The largest absolute Gasteiger partial charge is 0.414 e. The summed E-state index contributed by atoms with van der Waals surface area (Å²) < 4.78 is 30.0. The van der Waals surface area contributed by atoms with Gasteiger partial charge < -0.3 is 27.6 Å². The van der Waals surface area contributed by atoms with Crippen LogP contribution >= 0.6 is 0 Å². The van der Waals surface area contributed by atoms with Crippen molar-refractivity contribution in [1.82, 2.24) is 19.5 Å². The maximum absolute atomic E-state index is 12.8. The van der Waals surface area contributed by atoms with Crippen LogP contribution in [0.5, 0.6) is 0 Å². The third-order valence-electron chi connectivity index (χ3n) is 8.69. The highest BCUT2D eigenvalue weighted by Crippen LogP contribution is 2.47. The van der Waals surface area contributed by atoms with Crippen molar-refractivity contribution in [2.75, 3.05) is 11.9 Å². The van der Waals surface area contributed by atoms with Crippen LogP contribution in [0.2, 0.25) is 22.2 Å². The molecule has 3 aromatic rings. The third-order valence-corrected chi connectivity index (χ3v) is 19.0. The molecule has 12 heteroatoms. The van der Waals surface area contributed by atoms with Gasteiger partial charge in [0.05, 0.1) is 31.7 Å². The zero-order valence-electron chi connectivity index (χ0n) is 26.0. The summed E-state index contributed by atoms with van der Waals surface area (Å²) in [4.78, 5) is 26.1. The van der Waals surface area contributed by atoms with Crippen molar-refractivity contribution in [2.24, 2.45) is 0 Å². The molecular formula is C30H45N5O5Si2. The molecule has 0 saturated carbocycles. The molecule has 1 N–H and O–H groups in total. The Morgan fingerprint density at radius 1 is 0.929 bits per heavy atom. The number of hydrogen-bond donors (Lipinski definition) is 1. The normalized spacial score (nSPS) is 23.9. The monoisotopic (exact) mass is 611 g/mol. The Hall–Kier alpha value is -2.49. The number of aromatic nitrogens is 4. The van der Waals surface area contributed by atoms with Gasteiger partial charge in [-0.3, -0.25) is 4.79 Å². The number of rotatable bonds is 8. The van der Waals surface area contributed by atoms with Gasteiger partial charge in [-0.1, -0.05) is 73.6 Å². The van der Waals surface area contributed by atoms with Gasteiger partial charge in [-0.25, -0.2) is 15.0 Å². The number of ether oxygens (including phenoxy) is 1. The van der Waals surface area contributed by atoms with Crippen LogP contribution in [0.15, 0.2) is 43.0 Å². The van der Waals surface area contributed by atoms with Gasteiger partial charge in [0.1, 0.15) is 12.4 Å². The zero-order valence-corrected chi connectivity index (χ0v) is 28.0. The Labute approximate surface area is 251 Å². The number of carbonyl (C=O) groups excluding carboxylic acids is 1. The standard InChI is InChI=1S/C30H45N5O5Si2/c1-19(2)41(20(3)4)37-16-26-25(39-42(40-41,21(5)6)22(7)8)14-24(38-26)15-35-18-33-27-28(31-17-32-29(27)35)34-30(36)23-12-10-9-11-13-23/h9-13,17-22,24-26H,14-16H2,1-8H3,(H,31,32,34,36)/t24-,25+,26-/m1/s1. The van der Waals surface area contributed by atoms with Crippen molar-refractivity contribution in [2.45, 2.75) is 109 Å². The van der Waals surface area contributed by atoms with Gasteiger partial charge in [-0.2, -0.15) is 0 Å². The summed E-state index contributed by atoms with van der Waals surface area (Å²) in [6.07, 6.45) is 3.52. The quantitative estimate of drug-likeness (QED) is 0.300. The third kappa shape index (κ3) is 5.72. The molecule has 0 aliphatic carbocycles. The first-order valence-electron chi connectivity index (χ1n) is 15.2. The fourth-order valence-corrected chi connectivity index (χ4v) is 17.7. The van der Waals surface area contributed by atoms with Crippen LogP contribution in [0.25, 0.3) is 11.2 Å². The molecule has 10 nitrogen and oxygen atoms in total. The van der Waals surface area contributed by atoms with E-state index in [1.165, 1.54) is 6.33 Å². The summed E-state index contributed by atoms with van der Waals surface area (Å²) in [5.41, 5.74) is 2.83. The Balaban J connectivity index is 1.38. The molecule has 5 rings (SSSR count). The molecule has 2 fully saturated rings. The topological polar surface area (TPSA) is 110 Å². The molecule has 1 amide bonds. The van der Waals surface area contributed by atoms with Crippen LogP contribution in [0, 0.1) is 0 Å². The highest BCUT2D eigenvalue weighted by atomic mass is 28.5. The van der Waals surface area contributed by atoms with Gasteiger partial charge in [-0.05, 0) is 34.3 Å². The number of hydrogen-bond acceptors (Lipinski definition) is 8. The van der Waals surface area contributed by atoms with E-state index >= 15 is 0 Å². The van der Waals surface area contributed by atoms with E-state index in [0.29, 0.717) is 35.7 Å². The number of amides is 1. The van der Waals surface area contributed by atoms with Gasteiger partial charge in [-0.15, -0.1) is 0 Å². The van der Waals surface area contributed by atoms with Crippen LogP contribution in [0.1, 0.15) is 72.2 Å². The predicted molar refractivity (Wildman–Crippen MR) is 167 cm³/mol. The fraction of sp³-hybridized carbons (Fsp3) is 0.600. The van der Waals surface area contributed by atoms with Crippen LogP contribution in [0.3, 0.4) is 0 Å². The maximum atomic E-state index is 12.8. The molecule has 1 aromatic carbocycles. The molecular weight excluding hydrogens is 567 g/mol. The van der Waals surface area contributed by atoms with Crippen LogP contribution < -0.4 is 5.32 Å². The first-order valence-corrected chi connectivity index (χ1v) is 19.1. The molecule has 2 aliphatic heterocycles. The molecule has 228 valence electrons. The van der Waals surface area contributed by atoms with E-state index in [1.807, 2.05) is 22.8 Å². The molecule has 3 atom stereocenters. The van der Waals surface area contributed by atoms with Crippen molar-refractivity contribution in [3.05, 3.63) is 48.5 Å². The van der Waals surface area contributed by atoms with E-state index < -0.39 is 17.1 Å². The molecule has 0 radical (unpaired) electrons. The van der Waals surface area contributed by atoms with Gasteiger partial charge >= 0.3 is 17.1 Å². The molecule has 0 bridgehead atoms. The average Bonchev–Trinajstić information content (AvgIpc) is 3.52. The minimum Gasteiger partial charge on any atom is -0.414 e. The second kappa shape index (κ2) is 12.3. The Kier molecular flexibility index (Phi) is 9.03. The number of imidazole rings is 1. The molecule has 2 saturated heterocycles. The molecule has 4 heterocycles. The van der Waals surface area contributed by atoms with Crippen molar-refractivity contribution in [3.8, 4) is 0 Å². The highest BCUT2D eigenvalue weighted by molar-refractivity contribution is 6.84. The molecule has 2 aromatic heterocycles. The number of benzene rings is 1. The minimum atomic E-state index is -2.69. The van der Waals surface area contributed by atoms with Crippen molar-refractivity contribution in [3.63, 3.8) is 0 Å². The lowest BCUT2D eigenvalue weighted by atomic mass is 10.1. The second-order valence-electron chi connectivity index (χ2n) is 12.8. The van der Waals surface area contributed by atoms with E-state index in [-0.39, 0.29) is 46.4 Å².